The summed E-state index contributed by atoms with van der Waals surface area (Å²) in [4.78, 5) is 14.2. The predicted molar refractivity (Wildman–Crippen MR) is 74.6 cm³/mol. The molecule has 1 heterocycles. The Morgan fingerprint density at radius 1 is 1.38 bits per heavy atom. The number of hydrogen-bond donors (Lipinski definition) is 1. The number of nitrogens with zero attached hydrogens (tertiary/aromatic N) is 1. The van der Waals surface area contributed by atoms with Gasteiger partial charge in [0.2, 0.25) is 5.91 Å². The summed E-state index contributed by atoms with van der Waals surface area (Å²) in [6, 6.07) is 5.66. The molecule has 1 atom stereocenters. The zero-order valence-corrected chi connectivity index (χ0v) is 11.9. The van der Waals surface area contributed by atoms with E-state index in [0.29, 0.717) is 39.3 Å². The summed E-state index contributed by atoms with van der Waals surface area (Å²) in [7, 11) is 0. The van der Waals surface area contributed by atoms with Gasteiger partial charge in [-0.2, -0.15) is 0 Å². The average Bonchev–Trinajstić information content (AvgIpc) is 2.52. The van der Waals surface area contributed by atoms with E-state index < -0.39 is 0 Å². The first-order chi connectivity index (χ1) is 10.2. The van der Waals surface area contributed by atoms with Crippen molar-refractivity contribution >= 4 is 5.91 Å². The van der Waals surface area contributed by atoms with Crippen LogP contribution in [0.2, 0.25) is 0 Å². The van der Waals surface area contributed by atoms with Crippen molar-refractivity contribution in [2.24, 2.45) is 0 Å². The third kappa shape index (κ3) is 4.77. The molecule has 1 aliphatic rings. The Kier molecular flexibility index (Phi) is 6.10. The van der Waals surface area contributed by atoms with E-state index in [1.807, 2.05) is 4.90 Å². The van der Waals surface area contributed by atoms with Gasteiger partial charge in [0, 0.05) is 19.6 Å². The van der Waals surface area contributed by atoms with E-state index in [1.54, 1.807) is 12.1 Å². The van der Waals surface area contributed by atoms with Gasteiger partial charge in [0.1, 0.15) is 11.9 Å². The van der Waals surface area contributed by atoms with Crippen molar-refractivity contribution in [2.75, 3.05) is 32.9 Å². The van der Waals surface area contributed by atoms with Crippen LogP contribution in [0, 0.1) is 5.82 Å². The minimum absolute atomic E-state index is 0.120. The summed E-state index contributed by atoms with van der Waals surface area (Å²) in [5.41, 5.74) is 0.840. The highest BCUT2D eigenvalue weighted by Crippen LogP contribution is 2.09. The molecule has 1 unspecified atom stereocenters. The fourth-order valence-corrected chi connectivity index (χ4v) is 2.32. The maximum Gasteiger partial charge on any atom is 0.240 e. The second-order valence-corrected chi connectivity index (χ2v) is 5.03. The van der Waals surface area contributed by atoms with Crippen LogP contribution in [0.25, 0.3) is 0 Å². The molecule has 1 N–H and O–H groups in total. The fraction of sp³-hybridized carbons (Fsp3) is 0.533. The van der Waals surface area contributed by atoms with Crippen molar-refractivity contribution < 1.29 is 19.0 Å². The van der Waals surface area contributed by atoms with Gasteiger partial charge in [0.25, 0.3) is 0 Å². The number of rotatable bonds is 6. The normalized spacial score (nSPS) is 19.4. The molecule has 0 bridgehead atoms. The van der Waals surface area contributed by atoms with E-state index in [0.717, 1.165) is 5.56 Å². The van der Waals surface area contributed by atoms with Crippen LogP contribution in [0.15, 0.2) is 24.3 Å². The van der Waals surface area contributed by atoms with Crippen LogP contribution < -0.4 is 5.32 Å². The quantitative estimate of drug-likeness (QED) is 0.850. The van der Waals surface area contributed by atoms with Crippen LogP contribution in [0.1, 0.15) is 12.0 Å². The van der Waals surface area contributed by atoms with Crippen LogP contribution in [-0.2, 0) is 21.2 Å². The predicted octanol–water partition coefficient (Wildman–Crippen LogP) is 0.963. The smallest absolute Gasteiger partial charge is 0.240 e. The molecule has 0 aromatic heterocycles. The standard InChI is InChI=1S/C15H20FN2O3/c16-13-4-2-12(3-5-13)10-17-15(20)14-11-21-9-7-18(14)6-1-8-19/h2-5,14H,1,6-11H2,(H,17,20). The van der Waals surface area contributed by atoms with Crippen molar-refractivity contribution in [3.05, 3.63) is 35.6 Å². The molecule has 1 amide bonds. The van der Waals surface area contributed by atoms with E-state index in [-0.39, 0.29) is 24.4 Å². The molecule has 6 heteroatoms. The number of carbonyl (C=O) groups excluding carboxylic acids is 1. The molecule has 115 valence electrons. The van der Waals surface area contributed by atoms with Gasteiger partial charge in [-0.1, -0.05) is 12.1 Å². The Balaban J connectivity index is 1.86. The number of nitrogens with one attached hydrogen (secondary N) is 1. The molecule has 21 heavy (non-hydrogen) atoms. The van der Waals surface area contributed by atoms with Crippen molar-refractivity contribution in [3.8, 4) is 0 Å². The van der Waals surface area contributed by atoms with E-state index in [9.17, 15) is 14.3 Å². The number of amides is 1. The highest BCUT2D eigenvalue weighted by molar-refractivity contribution is 5.82. The lowest BCUT2D eigenvalue weighted by Gasteiger charge is -2.34. The summed E-state index contributed by atoms with van der Waals surface area (Å²) in [6.45, 7) is 2.41. The van der Waals surface area contributed by atoms with Crippen molar-refractivity contribution in [3.63, 3.8) is 0 Å². The molecular weight excluding hydrogens is 275 g/mol. The summed E-state index contributed by atoms with van der Waals surface area (Å²) in [5, 5.41) is 13.4. The Hall–Kier alpha value is -1.50. The van der Waals surface area contributed by atoms with Crippen molar-refractivity contribution in [1.29, 1.82) is 0 Å². The summed E-state index contributed by atoms with van der Waals surface area (Å²) in [5.74, 6) is -0.417. The van der Waals surface area contributed by atoms with Gasteiger partial charge in [0.05, 0.1) is 19.8 Å². The van der Waals surface area contributed by atoms with Crippen LogP contribution in [-0.4, -0.2) is 49.8 Å². The van der Waals surface area contributed by atoms with Crippen LogP contribution in [0.3, 0.4) is 0 Å². The summed E-state index contributed by atoms with van der Waals surface area (Å²) in [6.07, 6.45) is 0.530. The lowest BCUT2D eigenvalue weighted by molar-refractivity contribution is -0.132. The maximum atomic E-state index is 12.8. The van der Waals surface area contributed by atoms with Gasteiger partial charge < -0.3 is 10.1 Å². The monoisotopic (exact) mass is 295 g/mol. The molecular formula is C15H20FN2O3. The third-order valence-electron chi connectivity index (χ3n) is 3.51. The number of hydrogen-bond acceptors (Lipinski definition) is 3. The SMILES string of the molecule is [O]CCCN1CCOCC1C(=O)NCc1ccc(F)cc1. The highest BCUT2D eigenvalue weighted by atomic mass is 19.1. The summed E-state index contributed by atoms with van der Waals surface area (Å²) >= 11 is 0. The van der Waals surface area contributed by atoms with Crippen molar-refractivity contribution in [2.45, 2.75) is 19.0 Å². The Morgan fingerprint density at radius 2 is 2.14 bits per heavy atom. The number of benzene rings is 1. The molecule has 0 spiro atoms. The van der Waals surface area contributed by atoms with E-state index in [2.05, 4.69) is 5.32 Å². The molecule has 1 aromatic carbocycles. The average molecular weight is 295 g/mol. The van der Waals surface area contributed by atoms with Crippen LogP contribution in [0.4, 0.5) is 4.39 Å². The number of halogens is 1. The Morgan fingerprint density at radius 3 is 2.86 bits per heavy atom. The Labute approximate surface area is 123 Å². The van der Waals surface area contributed by atoms with Gasteiger partial charge in [-0.05, 0) is 24.1 Å². The second-order valence-electron chi connectivity index (χ2n) is 5.03. The number of ether oxygens (including phenoxy) is 1. The molecule has 0 saturated carbocycles. The van der Waals surface area contributed by atoms with Gasteiger partial charge in [-0.15, -0.1) is 0 Å². The van der Waals surface area contributed by atoms with Gasteiger partial charge in [-0.25, -0.2) is 9.50 Å². The maximum absolute atomic E-state index is 12.8. The first-order valence-electron chi connectivity index (χ1n) is 7.13. The zero-order chi connectivity index (χ0) is 15.1. The van der Waals surface area contributed by atoms with Gasteiger partial charge in [-0.3, -0.25) is 9.69 Å². The van der Waals surface area contributed by atoms with Crippen LogP contribution >= 0.6 is 0 Å². The first-order valence-corrected chi connectivity index (χ1v) is 7.13. The molecule has 2 rings (SSSR count). The topological polar surface area (TPSA) is 61.5 Å². The third-order valence-corrected chi connectivity index (χ3v) is 3.51. The first kappa shape index (κ1) is 15.9. The van der Waals surface area contributed by atoms with Crippen LogP contribution in [0.5, 0.6) is 0 Å². The highest BCUT2D eigenvalue weighted by Gasteiger charge is 2.28. The largest absolute Gasteiger partial charge is 0.378 e. The molecule has 1 saturated heterocycles. The van der Waals surface area contributed by atoms with E-state index in [4.69, 9.17) is 4.74 Å². The molecule has 1 aliphatic heterocycles. The van der Waals surface area contributed by atoms with E-state index >= 15 is 0 Å². The number of carbonyl (C=O) groups is 1. The lowest BCUT2D eigenvalue weighted by atomic mass is 10.1. The van der Waals surface area contributed by atoms with Crippen molar-refractivity contribution in [1.82, 2.24) is 10.2 Å². The second kappa shape index (κ2) is 8.07. The van der Waals surface area contributed by atoms with E-state index in [1.165, 1.54) is 12.1 Å². The molecule has 0 aliphatic carbocycles. The molecule has 1 radical (unpaired) electrons. The van der Waals surface area contributed by atoms with Gasteiger partial charge >= 0.3 is 0 Å². The molecule has 1 aromatic rings. The van der Waals surface area contributed by atoms with Gasteiger partial charge in [0.15, 0.2) is 0 Å². The minimum Gasteiger partial charge on any atom is -0.378 e. The Bertz CT molecular complexity index is 453. The zero-order valence-electron chi connectivity index (χ0n) is 11.9. The summed E-state index contributed by atoms with van der Waals surface area (Å²) < 4.78 is 18.2. The number of morpholine rings is 1. The minimum atomic E-state index is -0.356. The molecule has 5 nitrogen and oxygen atoms in total. The fourth-order valence-electron chi connectivity index (χ4n) is 2.32. The lowest BCUT2D eigenvalue weighted by Crippen LogP contribution is -2.53. The molecule has 1 fully saturated rings.